The van der Waals surface area contributed by atoms with E-state index in [9.17, 15) is 14.4 Å². The zero-order valence-corrected chi connectivity index (χ0v) is 18.8. The quantitative estimate of drug-likeness (QED) is 0.343. The van der Waals surface area contributed by atoms with Crippen LogP contribution in [-0.2, 0) is 13.6 Å². The summed E-state index contributed by atoms with van der Waals surface area (Å²) in [6.07, 6.45) is 0. The van der Waals surface area contributed by atoms with Crippen LogP contribution in [0.5, 0.6) is 0 Å². The van der Waals surface area contributed by atoms with Crippen molar-refractivity contribution >= 4 is 23.0 Å². The number of nitrogens with zero attached hydrogens (tertiary/aromatic N) is 5. The zero-order valence-electron chi connectivity index (χ0n) is 18.8. The predicted molar refractivity (Wildman–Crippen MR) is 122 cm³/mol. The lowest BCUT2D eigenvalue weighted by molar-refractivity contribution is -0.805. The molecule has 1 aliphatic heterocycles. The normalized spacial score (nSPS) is 16.0. The van der Waals surface area contributed by atoms with E-state index in [-0.39, 0.29) is 23.0 Å². The number of anilines is 1. The number of aryl methyl sites for hydroxylation is 1. The van der Waals surface area contributed by atoms with Crippen molar-refractivity contribution in [2.45, 2.75) is 13.5 Å². The highest BCUT2D eigenvalue weighted by atomic mass is 16.1. The number of hydrogen-bond acceptors (Lipinski definition) is 6. The minimum atomic E-state index is -0.195. The van der Waals surface area contributed by atoms with Crippen LogP contribution in [0.4, 0.5) is 5.69 Å². The topological polar surface area (TPSA) is 79.4 Å². The van der Waals surface area contributed by atoms with Crippen molar-refractivity contribution in [1.82, 2.24) is 14.7 Å². The largest absolute Gasteiger partial charge is 0.369 e. The first-order chi connectivity index (χ1) is 15.9. The van der Waals surface area contributed by atoms with Crippen molar-refractivity contribution in [3.05, 3.63) is 76.6 Å². The molecule has 0 spiro atoms. The molecule has 8 nitrogen and oxygen atoms in total. The highest BCUT2D eigenvalue weighted by Gasteiger charge is 2.39. The van der Waals surface area contributed by atoms with Crippen LogP contribution in [0.2, 0.25) is 0 Å². The van der Waals surface area contributed by atoms with Crippen LogP contribution < -0.4 is 9.70 Å². The third kappa shape index (κ3) is 3.76. The van der Waals surface area contributed by atoms with Crippen molar-refractivity contribution < 1.29 is 19.2 Å². The first kappa shape index (κ1) is 21.2. The maximum atomic E-state index is 13.1. The number of hydrogen-bond donors (Lipinski definition) is 0. The molecule has 2 aromatic carbocycles. The van der Waals surface area contributed by atoms with Crippen molar-refractivity contribution in [3.63, 3.8) is 0 Å². The number of fused-ring (bicyclic) bond motifs is 2. The minimum Gasteiger partial charge on any atom is -0.369 e. The molecular weight excluding hydrogens is 418 g/mol. The number of Topliss-reactive ketones (excluding diaryl/α,β-unsaturated/α-hetero) is 1. The van der Waals surface area contributed by atoms with Gasteiger partial charge in [0.05, 0.1) is 6.54 Å². The summed E-state index contributed by atoms with van der Waals surface area (Å²) in [5.41, 5.74) is 3.33. The van der Waals surface area contributed by atoms with Gasteiger partial charge in [0.1, 0.15) is 0 Å². The van der Waals surface area contributed by atoms with Gasteiger partial charge in [0.25, 0.3) is 0 Å². The summed E-state index contributed by atoms with van der Waals surface area (Å²) < 4.78 is 1.82. The van der Waals surface area contributed by atoms with Gasteiger partial charge >= 0.3 is 0 Å². The summed E-state index contributed by atoms with van der Waals surface area (Å²) in [4.78, 5) is 43.8. The van der Waals surface area contributed by atoms with Gasteiger partial charge in [-0.15, -0.1) is 4.68 Å². The van der Waals surface area contributed by atoms with E-state index in [1.165, 1.54) is 0 Å². The molecule has 168 valence electrons. The van der Waals surface area contributed by atoms with E-state index < -0.39 is 0 Å². The molecule has 1 aromatic heterocycles. The van der Waals surface area contributed by atoms with Crippen LogP contribution in [0.15, 0.2) is 48.5 Å². The van der Waals surface area contributed by atoms with Crippen LogP contribution in [-0.4, -0.2) is 64.8 Å². The Bertz CT molecular complexity index is 1250. The van der Waals surface area contributed by atoms with Gasteiger partial charge in [0.15, 0.2) is 18.5 Å². The second-order valence-corrected chi connectivity index (χ2v) is 8.55. The summed E-state index contributed by atoms with van der Waals surface area (Å²) in [5.74, 6) is -0.268. The fourth-order valence-corrected chi connectivity index (χ4v) is 4.65. The molecule has 0 amide bonds. The van der Waals surface area contributed by atoms with Crippen LogP contribution >= 0.6 is 0 Å². The van der Waals surface area contributed by atoms with Gasteiger partial charge < -0.3 is 4.90 Å². The molecule has 33 heavy (non-hydrogen) atoms. The molecule has 0 atom stereocenters. The van der Waals surface area contributed by atoms with E-state index in [0.29, 0.717) is 23.4 Å². The number of carbonyl (C=O) groups is 3. The molecule has 0 bridgehead atoms. The molecule has 2 heterocycles. The maximum absolute atomic E-state index is 13.1. The van der Waals surface area contributed by atoms with Gasteiger partial charge in [-0.05, 0) is 36.0 Å². The molecule has 0 N–H and O–H groups in total. The van der Waals surface area contributed by atoms with Crippen molar-refractivity contribution in [2.24, 2.45) is 7.05 Å². The molecule has 1 fully saturated rings. The fraction of sp³-hybridized carbons (Fsp3) is 0.320. The Morgan fingerprint density at radius 2 is 1.55 bits per heavy atom. The van der Waals surface area contributed by atoms with E-state index in [1.807, 2.05) is 28.9 Å². The van der Waals surface area contributed by atoms with Crippen LogP contribution in [0, 0.1) is 0 Å². The second-order valence-electron chi connectivity index (χ2n) is 8.55. The standard InChI is InChI=1S/C25H26N5O3/c1-17(31)18-7-9-19(10-8-18)29-14-11-28(12-15-29)13-16-30-23-22(26-27(30)2)24(32)20-5-3-4-6-21(20)25(23)33/h3-10H,11-16H2,1-2H3/q+1. The van der Waals surface area contributed by atoms with Gasteiger partial charge in [0, 0.05) is 60.2 Å². The van der Waals surface area contributed by atoms with Crippen molar-refractivity contribution in [2.75, 3.05) is 37.6 Å². The Kier molecular flexibility index (Phi) is 5.38. The zero-order chi connectivity index (χ0) is 23.1. The summed E-state index contributed by atoms with van der Waals surface area (Å²) >= 11 is 0. The van der Waals surface area contributed by atoms with E-state index in [2.05, 4.69) is 14.9 Å². The fourth-order valence-electron chi connectivity index (χ4n) is 4.65. The van der Waals surface area contributed by atoms with E-state index in [0.717, 1.165) is 44.0 Å². The van der Waals surface area contributed by atoms with E-state index in [4.69, 9.17) is 0 Å². The molecule has 8 heteroatoms. The number of piperazine rings is 1. The number of rotatable bonds is 5. The Labute approximate surface area is 192 Å². The lowest BCUT2D eigenvalue weighted by Gasteiger charge is -2.36. The summed E-state index contributed by atoms with van der Waals surface area (Å²) in [6.45, 7) is 6.48. The van der Waals surface area contributed by atoms with Crippen LogP contribution in [0.25, 0.3) is 0 Å². The number of carbonyl (C=O) groups excluding carboxylic acids is 3. The molecule has 0 radical (unpaired) electrons. The monoisotopic (exact) mass is 444 g/mol. The summed E-state index contributed by atoms with van der Waals surface area (Å²) in [7, 11) is 1.77. The molecular formula is C25H26N5O3+. The molecule has 5 rings (SSSR count). The third-order valence-corrected chi connectivity index (χ3v) is 6.56. The van der Waals surface area contributed by atoms with Gasteiger partial charge in [-0.25, -0.2) is 0 Å². The molecule has 1 saturated heterocycles. The lowest BCUT2D eigenvalue weighted by atomic mass is 9.90. The van der Waals surface area contributed by atoms with Gasteiger partial charge in [0.2, 0.25) is 17.3 Å². The number of benzene rings is 2. The Morgan fingerprint density at radius 3 is 2.18 bits per heavy atom. The van der Waals surface area contributed by atoms with Crippen molar-refractivity contribution in [3.8, 4) is 0 Å². The van der Waals surface area contributed by atoms with E-state index in [1.54, 1.807) is 43.0 Å². The van der Waals surface area contributed by atoms with Crippen LogP contribution in [0.1, 0.15) is 49.4 Å². The highest BCUT2D eigenvalue weighted by molar-refractivity contribution is 6.26. The first-order valence-corrected chi connectivity index (χ1v) is 11.2. The molecule has 0 unspecified atom stereocenters. The average Bonchev–Trinajstić information content (AvgIpc) is 3.18. The van der Waals surface area contributed by atoms with Crippen LogP contribution in [0.3, 0.4) is 0 Å². The Hall–Kier alpha value is -3.65. The smallest absolute Gasteiger partial charge is 0.220 e. The summed E-state index contributed by atoms with van der Waals surface area (Å²) in [6, 6.07) is 14.7. The molecule has 0 saturated carbocycles. The first-order valence-electron chi connectivity index (χ1n) is 11.2. The SMILES string of the molecule is CC(=O)c1ccc(N2CCN(CCn3c4c(n[n+]3C)C(=O)c3ccccc3C4=O)CC2)cc1. The van der Waals surface area contributed by atoms with Gasteiger partial charge in [-0.1, -0.05) is 24.3 Å². The molecule has 1 aliphatic carbocycles. The lowest BCUT2D eigenvalue weighted by Crippen LogP contribution is -2.49. The van der Waals surface area contributed by atoms with Gasteiger partial charge in [-0.2, -0.15) is 0 Å². The maximum Gasteiger partial charge on any atom is 0.220 e. The Morgan fingerprint density at radius 1 is 0.909 bits per heavy atom. The predicted octanol–water partition coefficient (Wildman–Crippen LogP) is 1.51. The molecule has 2 aliphatic rings. The highest BCUT2D eigenvalue weighted by Crippen LogP contribution is 2.25. The number of ketones is 3. The average molecular weight is 445 g/mol. The summed E-state index contributed by atoms with van der Waals surface area (Å²) in [5, 5.41) is 4.37. The second kappa shape index (κ2) is 8.37. The van der Waals surface area contributed by atoms with E-state index >= 15 is 0 Å². The minimum absolute atomic E-state index is 0.0740. The third-order valence-electron chi connectivity index (χ3n) is 6.56. The number of aromatic nitrogens is 3. The molecule has 3 aromatic rings. The Balaban J connectivity index is 1.25. The van der Waals surface area contributed by atoms with Crippen molar-refractivity contribution in [1.29, 1.82) is 0 Å². The van der Waals surface area contributed by atoms with Gasteiger partial charge in [-0.3, -0.25) is 19.3 Å².